The van der Waals surface area contributed by atoms with Crippen molar-refractivity contribution in [3.8, 4) is 0 Å². The number of nitrogens with zero attached hydrogens (tertiary/aromatic N) is 2. The largest absolute Gasteiger partial charge is 0.478 e. The summed E-state index contributed by atoms with van der Waals surface area (Å²) in [7, 11) is 0. The molecule has 5 heteroatoms. The summed E-state index contributed by atoms with van der Waals surface area (Å²) in [6, 6.07) is 0. The molecule has 1 aromatic rings. The maximum atomic E-state index is 11.2. The first-order valence-electron chi connectivity index (χ1n) is 6.90. The van der Waals surface area contributed by atoms with Gasteiger partial charge in [-0.1, -0.05) is 34.6 Å². The zero-order valence-corrected chi connectivity index (χ0v) is 13.1. The van der Waals surface area contributed by atoms with Gasteiger partial charge >= 0.3 is 5.97 Å². The van der Waals surface area contributed by atoms with E-state index in [1.165, 1.54) is 6.20 Å². The van der Waals surface area contributed by atoms with Crippen LogP contribution in [0.15, 0.2) is 6.20 Å². The summed E-state index contributed by atoms with van der Waals surface area (Å²) < 4.78 is 5.76. The Hall–Kier alpha value is -1.49. The van der Waals surface area contributed by atoms with Crippen molar-refractivity contribution in [2.45, 2.75) is 53.6 Å². The van der Waals surface area contributed by atoms with Crippen molar-refractivity contribution in [3.63, 3.8) is 0 Å². The van der Waals surface area contributed by atoms with E-state index < -0.39 is 5.97 Å². The van der Waals surface area contributed by atoms with Gasteiger partial charge in [0.1, 0.15) is 6.10 Å². The lowest BCUT2D eigenvalue weighted by Gasteiger charge is -2.29. The molecule has 1 N–H and O–H groups in total. The molecule has 112 valence electrons. The first-order chi connectivity index (χ1) is 9.18. The number of hydrogen-bond donors (Lipinski definition) is 1. The molecule has 20 heavy (non-hydrogen) atoms. The van der Waals surface area contributed by atoms with Crippen LogP contribution in [0, 0.1) is 5.41 Å². The average molecular weight is 280 g/mol. The Labute approximate surface area is 120 Å². The van der Waals surface area contributed by atoms with E-state index in [0.717, 1.165) is 0 Å². The molecule has 1 heterocycles. The van der Waals surface area contributed by atoms with E-state index in [1.807, 2.05) is 20.8 Å². The molecule has 0 amide bonds. The van der Waals surface area contributed by atoms with E-state index in [-0.39, 0.29) is 23.0 Å². The molecule has 1 atom stereocenters. The number of hydrogen-bond acceptors (Lipinski definition) is 4. The highest BCUT2D eigenvalue weighted by atomic mass is 16.5. The van der Waals surface area contributed by atoms with Gasteiger partial charge in [0, 0.05) is 12.8 Å². The van der Waals surface area contributed by atoms with Gasteiger partial charge in [-0.15, -0.1) is 0 Å². The molecule has 0 spiro atoms. The second-order valence-corrected chi connectivity index (χ2v) is 6.19. The number of carboxylic acids is 1. The van der Waals surface area contributed by atoms with E-state index in [2.05, 4.69) is 30.7 Å². The summed E-state index contributed by atoms with van der Waals surface area (Å²) in [5.41, 5.74) is 0.555. The normalized spacial score (nSPS) is 13.6. The first-order valence-corrected chi connectivity index (χ1v) is 6.90. The van der Waals surface area contributed by atoms with E-state index in [9.17, 15) is 9.90 Å². The van der Waals surface area contributed by atoms with Gasteiger partial charge in [0.15, 0.2) is 5.82 Å². The molecule has 0 aromatic carbocycles. The Bertz CT molecular complexity index is 478. The maximum Gasteiger partial charge on any atom is 0.339 e. The highest BCUT2D eigenvalue weighted by Gasteiger charge is 2.30. The lowest BCUT2D eigenvalue weighted by Crippen LogP contribution is -2.25. The molecule has 1 rings (SSSR count). The van der Waals surface area contributed by atoms with Gasteiger partial charge < -0.3 is 9.84 Å². The van der Waals surface area contributed by atoms with E-state index in [4.69, 9.17) is 4.74 Å². The standard InChI is InChI=1S/C15H24N2O3/c1-7-20-12(15(4,5)6)13-16-8-10(14(18)19)11(17-13)9(2)3/h8-9,12H,7H2,1-6H3,(H,18,19). The minimum Gasteiger partial charge on any atom is -0.478 e. The van der Waals surface area contributed by atoms with Gasteiger partial charge in [0.25, 0.3) is 0 Å². The molecule has 1 aromatic heterocycles. The smallest absolute Gasteiger partial charge is 0.339 e. The predicted molar refractivity (Wildman–Crippen MR) is 76.9 cm³/mol. The Kier molecular flexibility index (Phi) is 5.22. The number of aromatic carboxylic acids is 1. The molecule has 0 aliphatic heterocycles. The average Bonchev–Trinajstić information content (AvgIpc) is 2.33. The molecule has 0 fully saturated rings. The summed E-state index contributed by atoms with van der Waals surface area (Å²) in [6.07, 6.45) is 1.13. The minimum atomic E-state index is -0.996. The number of rotatable bonds is 5. The quantitative estimate of drug-likeness (QED) is 0.894. The zero-order valence-electron chi connectivity index (χ0n) is 13.1. The van der Waals surface area contributed by atoms with E-state index >= 15 is 0 Å². The third kappa shape index (κ3) is 3.76. The SMILES string of the molecule is CCOC(c1ncc(C(=O)O)c(C(C)C)n1)C(C)(C)C. The molecule has 0 saturated heterocycles. The first kappa shape index (κ1) is 16.6. The molecule has 0 saturated carbocycles. The summed E-state index contributed by atoms with van der Waals surface area (Å²) in [4.78, 5) is 19.9. The highest BCUT2D eigenvalue weighted by molar-refractivity contribution is 5.88. The van der Waals surface area contributed by atoms with Crippen molar-refractivity contribution in [2.75, 3.05) is 6.61 Å². The Balaban J connectivity index is 3.31. The topological polar surface area (TPSA) is 72.3 Å². The molecular formula is C15H24N2O3. The zero-order chi connectivity index (χ0) is 15.5. The molecule has 0 aliphatic rings. The molecular weight excluding hydrogens is 256 g/mol. The second-order valence-electron chi connectivity index (χ2n) is 6.19. The van der Waals surface area contributed by atoms with Crippen molar-refractivity contribution < 1.29 is 14.6 Å². The predicted octanol–water partition coefficient (Wildman–Crippen LogP) is 3.42. The summed E-state index contributed by atoms with van der Waals surface area (Å²) >= 11 is 0. The lowest BCUT2D eigenvalue weighted by atomic mass is 9.88. The molecule has 0 bridgehead atoms. The van der Waals surface area contributed by atoms with Gasteiger partial charge in [-0.3, -0.25) is 0 Å². The van der Waals surface area contributed by atoms with Crippen LogP contribution < -0.4 is 0 Å². The fourth-order valence-corrected chi connectivity index (χ4v) is 2.02. The van der Waals surface area contributed by atoms with Gasteiger partial charge in [-0.05, 0) is 18.3 Å². The highest BCUT2D eigenvalue weighted by Crippen LogP contribution is 2.34. The fraction of sp³-hybridized carbons (Fsp3) is 0.667. The monoisotopic (exact) mass is 280 g/mol. The third-order valence-electron chi connectivity index (χ3n) is 2.97. The van der Waals surface area contributed by atoms with Gasteiger partial charge in [0.2, 0.25) is 0 Å². The molecule has 0 radical (unpaired) electrons. The maximum absolute atomic E-state index is 11.2. The summed E-state index contributed by atoms with van der Waals surface area (Å²) in [5, 5.41) is 9.20. The van der Waals surface area contributed by atoms with Crippen LogP contribution in [0.25, 0.3) is 0 Å². The van der Waals surface area contributed by atoms with Crippen LogP contribution in [0.4, 0.5) is 0 Å². The molecule has 1 unspecified atom stereocenters. The minimum absolute atomic E-state index is 0.0186. The van der Waals surface area contributed by atoms with E-state index in [1.54, 1.807) is 0 Å². The molecule has 0 aliphatic carbocycles. The van der Waals surface area contributed by atoms with Crippen LogP contribution in [-0.4, -0.2) is 27.7 Å². The number of carboxylic acid groups (broad SMARTS) is 1. The van der Waals surface area contributed by atoms with E-state index in [0.29, 0.717) is 18.1 Å². The van der Waals surface area contributed by atoms with Crippen LogP contribution in [0.2, 0.25) is 0 Å². The van der Waals surface area contributed by atoms with Crippen molar-refractivity contribution in [1.82, 2.24) is 9.97 Å². The number of ether oxygens (including phenoxy) is 1. The van der Waals surface area contributed by atoms with Crippen molar-refractivity contribution in [2.24, 2.45) is 5.41 Å². The van der Waals surface area contributed by atoms with Gasteiger partial charge in [-0.25, -0.2) is 14.8 Å². The van der Waals surface area contributed by atoms with Gasteiger partial charge in [0.05, 0.1) is 11.3 Å². The van der Waals surface area contributed by atoms with Crippen LogP contribution >= 0.6 is 0 Å². The fourth-order valence-electron chi connectivity index (χ4n) is 2.02. The molecule has 5 nitrogen and oxygen atoms in total. The second kappa shape index (κ2) is 6.31. The Morgan fingerprint density at radius 2 is 2.00 bits per heavy atom. The third-order valence-corrected chi connectivity index (χ3v) is 2.97. The van der Waals surface area contributed by atoms with Crippen molar-refractivity contribution in [1.29, 1.82) is 0 Å². The lowest BCUT2D eigenvalue weighted by molar-refractivity contribution is -0.0193. The van der Waals surface area contributed by atoms with Crippen LogP contribution in [0.3, 0.4) is 0 Å². The van der Waals surface area contributed by atoms with Gasteiger partial charge in [-0.2, -0.15) is 0 Å². The number of aromatic nitrogens is 2. The van der Waals surface area contributed by atoms with Crippen LogP contribution in [-0.2, 0) is 4.74 Å². The number of carbonyl (C=O) groups is 1. The van der Waals surface area contributed by atoms with Crippen LogP contribution in [0.5, 0.6) is 0 Å². The summed E-state index contributed by atoms with van der Waals surface area (Å²) in [6.45, 7) is 12.5. The summed E-state index contributed by atoms with van der Waals surface area (Å²) in [5.74, 6) is -0.429. The Morgan fingerprint density at radius 3 is 2.40 bits per heavy atom. The van der Waals surface area contributed by atoms with Crippen molar-refractivity contribution >= 4 is 5.97 Å². The van der Waals surface area contributed by atoms with Crippen molar-refractivity contribution in [3.05, 3.63) is 23.3 Å². The Morgan fingerprint density at radius 1 is 1.40 bits per heavy atom. The van der Waals surface area contributed by atoms with Crippen LogP contribution in [0.1, 0.15) is 75.4 Å².